The fourth-order valence-electron chi connectivity index (χ4n) is 3.49. The van der Waals surface area contributed by atoms with Crippen LogP contribution in [-0.2, 0) is 4.79 Å². The molecule has 0 fully saturated rings. The molecule has 0 atom stereocenters. The summed E-state index contributed by atoms with van der Waals surface area (Å²) in [4.78, 5) is 33.7. The molecule has 4 bridgehead atoms. The first-order valence-corrected chi connectivity index (χ1v) is 10.0. The fraction of sp³-hybridized carbons (Fsp3) is 0.174. The average Bonchev–Trinajstić information content (AvgIpc) is 2.79. The van der Waals surface area contributed by atoms with Gasteiger partial charge in [0.15, 0.2) is 5.82 Å². The topological polar surface area (TPSA) is 83.3 Å². The highest BCUT2D eigenvalue weighted by Crippen LogP contribution is 2.25. The van der Waals surface area contributed by atoms with Crippen LogP contribution in [0.15, 0.2) is 71.2 Å². The minimum absolute atomic E-state index is 0.193. The molecule has 31 heavy (non-hydrogen) atoms. The summed E-state index contributed by atoms with van der Waals surface area (Å²) in [5.41, 5.74) is 0.778. The van der Waals surface area contributed by atoms with E-state index in [4.69, 9.17) is 9.73 Å². The van der Waals surface area contributed by atoms with Gasteiger partial charge >= 0.3 is 0 Å². The van der Waals surface area contributed by atoms with Crippen molar-refractivity contribution in [1.29, 1.82) is 0 Å². The second-order valence-corrected chi connectivity index (χ2v) is 7.20. The SMILES string of the molecule is O=C1CN2C=CN(/C=c3\cccc\c3=N/c3ncnc4ccc(cc34)OC/C=N/1)CC2. The lowest BCUT2D eigenvalue weighted by Crippen LogP contribution is -2.36. The van der Waals surface area contributed by atoms with Gasteiger partial charge in [-0.15, -0.1) is 0 Å². The second kappa shape index (κ2) is 8.35. The normalized spacial score (nSPS) is 19.5. The number of carbonyl (C=O) groups is 1. The van der Waals surface area contributed by atoms with E-state index in [0.29, 0.717) is 11.6 Å². The Morgan fingerprint density at radius 2 is 1.94 bits per heavy atom. The summed E-state index contributed by atoms with van der Waals surface area (Å²) in [6.45, 7) is 1.91. The molecule has 0 unspecified atom stereocenters. The van der Waals surface area contributed by atoms with Gasteiger partial charge < -0.3 is 14.5 Å². The minimum atomic E-state index is -0.204. The van der Waals surface area contributed by atoms with E-state index in [9.17, 15) is 4.79 Å². The van der Waals surface area contributed by atoms with Crippen LogP contribution in [0.4, 0.5) is 5.82 Å². The number of aliphatic imine (C=N–C) groups is 1. The lowest BCUT2D eigenvalue weighted by Gasteiger charge is -2.28. The Morgan fingerprint density at radius 3 is 2.84 bits per heavy atom. The van der Waals surface area contributed by atoms with E-state index in [2.05, 4.69) is 19.9 Å². The number of nitrogens with zero attached hydrogens (tertiary/aromatic N) is 6. The fourth-order valence-corrected chi connectivity index (χ4v) is 3.49. The van der Waals surface area contributed by atoms with Gasteiger partial charge in [-0.05, 0) is 24.3 Å². The number of ether oxygens (including phenoxy) is 1. The summed E-state index contributed by atoms with van der Waals surface area (Å²) < 4.78 is 5.75. The summed E-state index contributed by atoms with van der Waals surface area (Å²) in [5.74, 6) is 1.00. The molecule has 8 nitrogen and oxygen atoms in total. The van der Waals surface area contributed by atoms with Crippen molar-refractivity contribution >= 4 is 35.0 Å². The number of fused-ring (bicyclic) bond motifs is 5. The molecule has 0 aliphatic carbocycles. The number of aromatic nitrogens is 2. The van der Waals surface area contributed by atoms with Crippen molar-refractivity contribution in [1.82, 2.24) is 19.8 Å². The summed E-state index contributed by atoms with van der Waals surface area (Å²) >= 11 is 0. The van der Waals surface area contributed by atoms with Gasteiger partial charge in [-0.25, -0.2) is 20.0 Å². The highest BCUT2D eigenvalue weighted by Gasteiger charge is 2.12. The number of carbonyl (C=O) groups excluding carboxylic acids is 1. The Labute approximate surface area is 178 Å². The van der Waals surface area contributed by atoms with Gasteiger partial charge in [0.2, 0.25) is 0 Å². The zero-order valence-electron chi connectivity index (χ0n) is 16.8. The summed E-state index contributed by atoms with van der Waals surface area (Å²) in [7, 11) is 0. The lowest BCUT2D eigenvalue weighted by atomic mass is 10.2. The molecule has 154 valence electrons. The molecule has 0 saturated heterocycles. The largest absolute Gasteiger partial charge is 0.488 e. The summed E-state index contributed by atoms with van der Waals surface area (Å²) in [6.07, 6.45) is 8.92. The Hall–Kier alpha value is -4.07. The molecular weight excluding hydrogens is 392 g/mol. The average molecular weight is 412 g/mol. The van der Waals surface area contributed by atoms with E-state index < -0.39 is 0 Å². The maximum Gasteiger partial charge on any atom is 0.264 e. The van der Waals surface area contributed by atoms with Gasteiger partial charge in [-0.1, -0.05) is 18.2 Å². The Balaban J connectivity index is 1.67. The van der Waals surface area contributed by atoms with Crippen molar-refractivity contribution in [3.63, 3.8) is 0 Å². The third kappa shape index (κ3) is 4.28. The molecule has 4 heterocycles. The highest BCUT2D eigenvalue weighted by molar-refractivity contribution is 5.89. The Kier molecular flexibility index (Phi) is 5.10. The van der Waals surface area contributed by atoms with E-state index >= 15 is 0 Å². The van der Waals surface area contributed by atoms with Crippen molar-refractivity contribution in [2.24, 2.45) is 9.98 Å². The zero-order valence-corrected chi connectivity index (χ0v) is 16.8. The third-order valence-corrected chi connectivity index (χ3v) is 5.07. The van der Waals surface area contributed by atoms with Gasteiger partial charge in [0.05, 0.1) is 17.4 Å². The Morgan fingerprint density at radius 1 is 1.00 bits per heavy atom. The van der Waals surface area contributed by atoms with Crippen LogP contribution in [0.5, 0.6) is 5.75 Å². The molecule has 6 rings (SSSR count). The molecule has 8 heteroatoms. The first kappa shape index (κ1) is 18.9. The van der Waals surface area contributed by atoms with Crippen LogP contribution in [0.25, 0.3) is 17.1 Å². The number of hydrogen-bond acceptors (Lipinski definition) is 7. The van der Waals surface area contributed by atoms with E-state index in [1.54, 1.807) is 0 Å². The van der Waals surface area contributed by atoms with E-state index in [-0.39, 0.29) is 19.1 Å². The number of rotatable bonds is 0. The molecule has 2 aromatic carbocycles. The predicted molar refractivity (Wildman–Crippen MR) is 117 cm³/mol. The van der Waals surface area contributed by atoms with Crippen molar-refractivity contribution < 1.29 is 9.53 Å². The van der Waals surface area contributed by atoms with Crippen molar-refractivity contribution in [3.8, 4) is 5.75 Å². The van der Waals surface area contributed by atoms with Crippen LogP contribution >= 0.6 is 0 Å². The Bertz CT molecular complexity index is 1320. The van der Waals surface area contributed by atoms with E-state index in [1.807, 2.05) is 66.0 Å². The van der Waals surface area contributed by atoms with Crippen LogP contribution in [0.1, 0.15) is 0 Å². The zero-order chi connectivity index (χ0) is 21.0. The van der Waals surface area contributed by atoms with Gasteiger partial charge in [0, 0.05) is 48.5 Å². The molecule has 3 aliphatic heterocycles. The summed E-state index contributed by atoms with van der Waals surface area (Å²) in [5, 5.41) is 2.58. The van der Waals surface area contributed by atoms with Crippen LogP contribution in [0, 0.1) is 0 Å². The van der Waals surface area contributed by atoms with Crippen molar-refractivity contribution in [2.45, 2.75) is 0 Å². The maximum atomic E-state index is 12.1. The second-order valence-electron chi connectivity index (χ2n) is 7.20. The highest BCUT2D eigenvalue weighted by atomic mass is 16.5. The lowest BCUT2D eigenvalue weighted by molar-refractivity contribution is -0.118. The monoisotopic (exact) mass is 412 g/mol. The molecule has 0 radical (unpaired) electrons. The summed E-state index contributed by atoms with van der Waals surface area (Å²) in [6, 6.07) is 13.5. The number of para-hydroxylation sites is 1. The van der Waals surface area contributed by atoms with Crippen LogP contribution in [-0.4, -0.2) is 58.1 Å². The van der Waals surface area contributed by atoms with Crippen molar-refractivity contribution in [3.05, 3.63) is 71.8 Å². The van der Waals surface area contributed by atoms with Gasteiger partial charge in [-0.3, -0.25) is 4.79 Å². The molecular formula is C23H20N6O2. The van der Waals surface area contributed by atoms with E-state index in [1.165, 1.54) is 12.5 Å². The third-order valence-electron chi connectivity index (χ3n) is 5.07. The van der Waals surface area contributed by atoms with Crippen LogP contribution < -0.4 is 15.3 Å². The van der Waals surface area contributed by atoms with E-state index in [0.717, 1.165) is 34.6 Å². The van der Waals surface area contributed by atoms with Gasteiger partial charge in [0.1, 0.15) is 18.7 Å². The predicted octanol–water partition coefficient (Wildman–Crippen LogP) is 1.40. The molecule has 3 aromatic rings. The minimum Gasteiger partial charge on any atom is -0.488 e. The quantitative estimate of drug-likeness (QED) is 0.555. The number of amides is 1. The first-order valence-electron chi connectivity index (χ1n) is 10.0. The molecule has 3 aliphatic rings. The number of benzene rings is 2. The molecule has 1 aromatic heterocycles. The van der Waals surface area contributed by atoms with Crippen LogP contribution in [0.3, 0.4) is 0 Å². The maximum absolute atomic E-state index is 12.1. The standard InChI is InChI=1S/C23H20N6O2/c30-22-15-29-10-8-28(9-11-29)14-17-3-1-2-4-20(17)27-23-19-13-18(31-12-7-24-22)5-6-21(19)25-16-26-23/h1-8,10,13-14,16H,9,11-12,15H2/b17-14+,24-7+,27-20+. The first-order chi connectivity index (χ1) is 15.2. The molecule has 0 N–H and O–H groups in total. The van der Waals surface area contributed by atoms with Gasteiger partial charge in [0.25, 0.3) is 5.91 Å². The van der Waals surface area contributed by atoms with Crippen molar-refractivity contribution in [2.75, 3.05) is 26.2 Å². The smallest absolute Gasteiger partial charge is 0.264 e. The molecule has 0 spiro atoms. The molecule has 0 saturated carbocycles. The van der Waals surface area contributed by atoms with Crippen LogP contribution in [0.2, 0.25) is 0 Å². The van der Waals surface area contributed by atoms with Gasteiger partial charge in [-0.2, -0.15) is 0 Å². The number of hydrogen-bond donors (Lipinski definition) is 0. The molecule has 1 amide bonds.